The van der Waals surface area contributed by atoms with Crippen molar-refractivity contribution in [1.29, 1.82) is 0 Å². The van der Waals surface area contributed by atoms with Crippen LogP contribution in [-0.2, 0) is 11.3 Å². The molecule has 3 heterocycles. The molecule has 158 valence electrons. The number of benzene rings is 1. The highest BCUT2D eigenvalue weighted by Gasteiger charge is 2.25. The van der Waals surface area contributed by atoms with Gasteiger partial charge in [0.15, 0.2) is 0 Å². The van der Waals surface area contributed by atoms with E-state index in [0.717, 1.165) is 69.5 Å². The van der Waals surface area contributed by atoms with Crippen LogP contribution in [0.1, 0.15) is 43.2 Å². The number of rotatable bonds is 5. The number of pyridine rings is 1. The van der Waals surface area contributed by atoms with Gasteiger partial charge in [0.05, 0.1) is 24.5 Å². The molecule has 1 saturated carbocycles. The molecule has 0 amide bonds. The molecule has 0 atom stereocenters. The summed E-state index contributed by atoms with van der Waals surface area (Å²) in [7, 11) is 0. The Morgan fingerprint density at radius 1 is 1.03 bits per heavy atom. The average Bonchev–Trinajstić information content (AvgIpc) is 2.81. The molecule has 0 bridgehead atoms. The van der Waals surface area contributed by atoms with Crippen LogP contribution in [0, 0.1) is 0 Å². The first-order valence-electron chi connectivity index (χ1n) is 11.4. The summed E-state index contributed by atoms with van der Waals surface area (Å²) < 4.78 is 12.1. The molecular weight excluding hydrogens is 374 g/mol. The zero-order valence-electron chi connectivity index (χ0n) is 17.6. The zero-order valence-corrected chi connectivity index (χ0v) is 17.6. The average molecular weight is 406 g/mol. The minimum Gasteiger partial charge on any atom is -0.474 e. The van der Waals surface area contributed by atoms with E-state index in [0.29, 0.717) is 0 Å². The fourth-order valence-corrected chi connectivity index (χ4v) is 4.66. The molecule has 30 heavy (non-hydrogen) atoms. The van der Waals surface area contributed by atoms with Gasteiger partial charge in [-0.2, -0.15) is 4.98 Å². The van der Waals surface area contributed by atoms with Crippen LogP contribution in [0.4, 0.5) is 11.5 Å². The van der Waals surface area contributed by atoms with E-state index >= 15 is 0 Å². The second kappa shape index (κ2) is 9.09. The third kappa shape index (κ3) is 4.31. The Labute approximate surface area is 179 Å². The normalized spacial score (nSPS) is 19.6. The largest absolute Gasteiger partial charge is 0.474 e. The Morgan fingerprint density at radius 3 is 2.63 bits per heavy atom. The third-order valence-corrected chi connectivity index (χ3v) is 6.32. The molecule has 5 heteroatoms. The molecule has 1 aromatic carbocycles. The van der Waals surface area contributed by atoms with Gasteiger partial charge in [0.2, 0.25) is 5.88 Å². The van der Waals surface area contributed by atoms with Crippen molar-refractivity contribution in [3.05, 3.63) is 53.6 Å². The van der Waals surface area contributed by atoms with Gasteiger partial charge in [0, 0.05) is 32.2 Å². The summed E-state index contributed by atoms with van der Waals surface area (Å²) >= 11 is 0. The zero-order chi connectivity index (χ0) is 20.2. The molecule has 0 spiro atoms. The summed E-state index contributed by atoms with van der Waals surface area (Å²) in [6, 6.07) is 12.9. The van der Waals surface area contributed by atoms with E-state index in [-0.39, 0.29) is 6.10 Å². The van der Waals surface area contributed by atoms with Crippen molar-refractivity contribution in [1.82, 2.24) is 4.98 Å². The summed E-state index contributed by atoms with van der Waals surface area (Å²) in [5.74, 6) is 1.81. The maximum absolute atomic E-state index is 6.54. The molecule has 1 aliphatic carbocycles. The molecule has 1 aromatic heterocycles. The van der Waals surface area contributed by atoms with Crippen molar-refractivity contribution in [2.75, 3.05) is 42.6 Å². The first kappa shape index (κ1) is 19.4. The molecule has 0 N–H and O–H groups in total. The second-order valence-corrected chi connectivity index (χ2v) is 8.46. The predicted octanol–water partition coefficient (Wildman–Crippen LogP) is 4.66. The van der Waals surface area contributed by atoms with E-state index in [1.807, 2.05) is 0 Å². The molecule has 2 aliphatic heterocycles. The smallest absolute Gasteiger partial charge is 0.225 e. The molecule has 0 unspecified atom stereocenters. The van der Waals surface area contributed by atoms with E-state index in [1.54, 1.807) is 0 Å². The Hall–Kier alpha value is -2.53. The number of morpholine rings is 1. The van der Waals surface area contributed by atoms with Crippen LogP contribution in [0.15, 0.2) is 42.5 Å². The number of aromatic nitrogens is 1. The molecular formula is C25H31N3O2. The highest BCUT2D eigenvalue weighted by Crippen LogP contribution is 2.38. The lowest BCUT2D eigenvalue weighted by atomic mass is 9.98. The molecule has 1 saturated heterocycles. The van der Waals surface area contributed by atoms with Crippen LogP contribution in [0.2, 0.25) is 0 Å². The summed E-state index contributed by atoms with van der Waals surface area (Å²) in [6.45, 7) is 5.05. The van der Waals surface area contributed by atoms with Crippen molar-refractivity contribution in [2.24, 2.45) is 0 Å². The Kier molecular flexibility index (Phi) is 5.89. The second-order valence-electron chi connectivity index (χ2n) is 8.46. The van der Waals surface area contributed by atoms with Gasteiger partial charge < -0.3 is 19.3 Å². The first-order chi connectivity index (χ1) is 14.9. The predicted molar refractivity (Wildman–Crippen MR) is 121 cm³/mol. The third-order valence-electron chi connectivity index (χ3n) is 6.32. The lowest BCUT2D eigenvalue weighted by molar-refractivity contribution is 0.122. The topological polar surface area (TPSA) is 37.8 Å². The standard InChI is InChI=1S/C25H31N3O2/c1-3-8-20(9-4-1)19-28-13-7-12-22-23(28)18-24(27-14-16-29-17-15-27)26-25(22)30-21-10-5-2-6-11-21/h1,3-4,7-9,12,18,21H,2,5-6,10-11,13-17,19H2. The van der Waals surface area contributed by atoms with Gasteiger partial charge in [-0.25, -0.2) is 0 Å². The van der Waals surface area contributed by atoms with Crippen molar-refractivity contribution in [3.8, 4) is 5.88 Å². The van der Waals surface area contributed by atoms with E-state index < -0.39 is 0 Å². The minimum absolute atomic E-state index is 0.285. The molecule has 5 nitrogen and oxygen atoms in total. The maximum Gasteiger partial charge on any atom is 0.225 e. The van der Waals surface area contributed by atoms with Crippen molar-refractivity contribution >= 4 is 17.6 Å². The van der Waals surface area contributed by atoms with Crippen molar-refractivity contribution in [2.45, 2.75) is 44.8 Å². The van der Waals surface area contributed by atoms with E-state index in [2.05, 4.69) is 58.4 Å². The van der Waals surface area contributed by atoms with Crippen LogP contribution < -0.4 is 14.5 Å². The van der Waals surface area contributed by atoms with Gasteiger partial charge in [0.1, 0.15) is 11.9 Å². The van der Waals surface area contributed by atoms with E-state index in [1.165, 1.54) is 30.5 Å². The lowest BCUT2D eigenvalue weighted by Crippen LogP contribution is -2.37. The summed E-state index contributed by atoms with van der Waals surface area (Å²) in [5, 5.41) is 0. The lowest BCUT2D eigenvalue weighted by Gasteiger charge is -2.34. The van der Waals surface area contributed by atoms with Crippen LogP contribution in [0.3, 0.4) is 0 Å². The van der Waals surface area contributed by atoms with Crippen LogP contribution in [-0.4, -0.2) is 43.9 Å². The number of ether oxygens (including phenoxy) is 2. The van der Waals surface area contributed by atoms with Gasteiger partial charge in [-0.3, -0.25) is 0 Å². The van der Waals surface area contributed by atoms with Crippen LogP contribution >= 0.6 is 0 Å². The summed E-state index contributed by atoms with van der Waals surface area (Å²) in [5.41, 5.74) is 3.67. The monoisotopic (exact) mass is 405 g/mol. The number of fused-ring (bicyclic) bond motifs is 1. The molecule has 2 fully saturated rings. The van der Waals surface area contributed by atoms with Gasteiger partial charge in [-0.1, -0.05) is 42.8 Å². The van der Waals surface area contributed by atoms with E-state index in [9.17, 15) is 0 Å². The van der Waals surface area contributed by atoms with Crippen LogP contribution in [0.25, 0.3) is 6.08 Å². The molecule has 2 aromatic rings. The minimum atomic E-state index is 0.285. The fourth-order valence-electron chi connectivity index (χ4n) is 4.66. The highest BCUT2D eigenvalue weighted by atomic mass is 16.5. The summed E-state index contributed by atoms with van der Waals surface area (Å²) in [4.78, 5) is 9.78. The van der Waals surface area contributed by atoms with Crippen LogP contribution in [0.5, 0.6) is 5.88 Å². The number of hydrogen-bond acceptors (Lipinski definition) is 5. The Balaban J connectivity index is 1.49. The number of hydrogen-bond donors (Lipinski definition) is 0. The molecule has 0 radical (unpaired) electrons. The van der Waals surface area contributed by atoms with Crippen molar-refractivity contribution in [3.63, 3.8) is 0 Å². The van der Waals surface area contributed by atoms with Gasteiger partial charge in [-0.05, 0) is 37.3 Å². The highest BCUT2D eigenvalue weighted by molar-refractivity contribution is 5.77. The Morgan fingerprint density at radius 2 is 1.83 bits per heavy atom. The van der Waals surface area contributed by atoms with E-state index in [4.69, 9.17) is 14.5 Å². The van der Waals surface area contributed by atoms with Gasteiger partial charge in [-0.15, -0.1) is 0 Å². The quantitative estimate of drug-likeness (QED) is 0.723. The molecule has 5 rings (SSSR count). The maximum atomic E-state index is 6.54. The molecule has 3 aliphatic rings. The van der Waals surface area contributed by atoms with Gasteiger partial charge >= 0.3 is 0 Å². The van der Waals surface area contributed by atoms with Gasteiger partial charge in [0.25, 0.3) is 0 Å². The fraction of sp³-hybridized carbons (Fsp3) is 0.480. The SMILES string of the molecule is C1=Cc2c(cc(N3CCOCC3)nc2OC2CCCCC2)N(Cc2ccccc2)C1. The number of nitrogens with zero attached hydrogens (tertiary/aromatic N) is 3. The first-order valence-corrected chi connectivity index (χ1v) is 11.4. The summed E-state index contributed by atoms with van der Waals surface area (Å²) in [6.07, 6.45) is 10.8. The van der Waals surface area contributed by atoms with Crippen molar-refractivity contribution < 1.29 is 9.47 Å². The number of anilines is 2. The Bertz CT molecular complexity index is 871.